The fraction of sp³-hybridized carbons (Fsp3) is 0.203. The molecule has 0 N–H and O–H groups in total. The molecule has 4 heteroatoms. The van der Waals surface area contributed by atoms with Crippen molar-refractivity contribution in [1.82, 2.24) is 4.57 Å². The molecule has 10 rings (SSSR count). The smallest absolute Gasteiger partial charge is 0.428 e. The predicted molar refractivity (Wildman–Crippen MR) is 270 cm³/mol. The Morgan fingerprint density at radius 1 is 0.444 bits per heavy atom. The zero-order valence-corrected chi connectivity index (χ0v) is 38.3. The molecule has 0 saturated carbocycles. The Balaban J connectivity index is 0.000000150. The van der Waals surface area contributed by atoms with Crippen LogP contribution in [0.5, 0.6) is 5.75 Å². The summed E-state index contributed by atoms with van der Waals surface area (Å²) in [6, 6.07) is 67.1. The fourth-order valence-corrected chi connectivity index (χ4v) is 7.61. The van der Waals surface area contributed by atoms with Crippen molar-refractivity contribution in [3.05, 3.63) is 205 Å². The normalized spacial score (nSPS) is 11.0. The first-order valence-electron chi connectivity index (χ1n) is 22.2. The lowest BCUT2D eigenvalue weighted by atomic mass is 9.94. The van der Waals surface area contributed by atoms with Crippen LogP contribution in [0.1, 0.15) is 85.3 Å². The number of hydrogen-bond acceptors (Lipinski definition) is 3. The summed E-state index contributed by atoms with van der Waals surface area (Å²) in [6.07, 6.45) is -0.683. The quantitative estimate of drug-likeness (QED) is 0.101. The van der Waals surface area contributed by atoms with Gasteiger partial charge in [-0.05, 0) is 102 Å². The molecule has 0 aliphatic rings. The van der Waals surface area contributed by atoms with E-state index in [1.807, 2.05) is 65.0 Å². The summed E-state index contributed by atoms with van der Waals surface area (Å²) < 4.78 is 13.1. The van der Waals surface area contributed by atoms with Crippen molar-refractivity contribution < 1.29 is 14.3 Å². The highest BCUT2D eigenvalue weighted by Crippen LogP contribution is 2.39. The van der Waals surface area contributed by atoms with Crippen LogP contribution in [-0.4, -0.2) is 16.3 Å². The first-order valence-corrected chi connectivity index (χ1v) is 22.2. The van der Waals surface area contributed by atoms with E-state index in [9.17, 15) is 4.79 Å². The van der Waals surface area contributed by atoms with Crippen LogP contribution in [0.3, 0.4) is 0 Å². The summed E-state index contributed by atoms with van der Waals surface area (Å²) in [5.41, 5.74) is 5.97. The van der Waals surface area contributed by atoms with Gasteiger partial charge in [0.05, 0.1) is 11.0 Å². The molecule has 0 aliphatic heterocycles. The van der Waals surface area contributed by atoms with Crippen LogP contribution in [-0.2, 0) is 4.74 Å². The second kappa shape index (κ2) is 21.3. The summed E-state index contributed by atoms with van der Waals surface area (Å²) >= 11 is 0. The third-order valence-electron chi connectivity index (χ3n) is 10.6. The van der Waals surface area contributed by atoms with E-state index in [0.717, 1.165) is 16.2 Å². The van der Waals surface area contributed by atoms with Crippen molar-refractivity contribution in [2.24, 2.45) is 0 Å². The summed E-state index contributed by atoms with van der Waals surface area (Å²) in [5.74, 6) is 1.84. The lowest BCUT2D eigenvalue weighted by Gasteiger charge is -2.19. The van der Waals surface area contributed by atoms with Crippen molar-refractivity contribution in [2.75, 3.05) is 0 Å². The first-order chi connectivity index (χ1) is 30.5. The van der Waals surface area contributed by atoms with Crippen molar-refractivity contribution in [1.29, 1.82) is 0 Å². The van der Waals surface area contributed by atoms with E-state index in [0.29, 0.717) is 17.6 Å². The third-order valence-corrected chi connectivity index (χ3v) is 10.6. The number of carbonyl (C=O) groups is 1. The second-order valence-electron chi connectivity index (χ2n) is 16.8. The van der Waals surface area contributed by atoms with E-state index in [1.165, 1.54) is 54.8 Å². The SMILES string of the molecule is CC.CC(C)(C)OC(=O)Oc1ccc2ccc3cccc4ccc1c2c34.CC(C)c1ccccc1.CC(C)c1ccccc1.c1ccc(-n2c3ccccc3c3ccccc32)cc1. The molecule has 1 heterocycles. The van der Waals surface area contributed by atoms with Crippen molar-refractivity contribution in [3.63, 3.8) is 0 Å². The van der Waals surface area contributed by atoms with Crippen LogP contribution in [0, 0.1) is 0 Å². The molecule has 0 spiro atoms. The Labute approximate surface area is 374 Å². The number of para-hydroxylation sites is 3. The van der Waals surface area contributed by atoms with Crippen LogP contribution in [0.15, 0.2) is 194 Å². The van der Waals surface area contributed by atoms with Gasteiger partial charge >= 0.3 is 6.16 Å². The number of aromatic nitrogens is 1. The minimum atomic E-state index is -0.683. The monoisotopic (exact) mass is 831 g/mol. The molecule has 1 aromatic heterocycles. The van der Waals surface area contributed by atoms with Gasteiger partial charge < -0.3 is 14.0 Å². The maximum atomic E-state index is 12.0. The van der Waals surface area contributed by atoms with Gasteiger partial charge in [-0.15, -0.1) is 0 Å². The van der Waals surface area contributed by atoms with Crippen molar-refractivity contribution in [2.45, 2.75) is 79.8 Å². The molecule has 0 saturated heterocycles. The number of ether oxygens (including phenoxy) is 2. The van der Waals surface area contributed by atoms with Crippen LogP contribution >= 0.6 is 0 Å². The Kier molecular flexibility index (Phi) is 15.4. The summed E-state index contributed by atoms with van der Waals surface area (Å²) in [5, 5.41) is 9.34. The van der Waals surface area contributed by atoms with Gasteiger partial charge in [0.15, 0.2) is 0 Å². The standard InChI is InChI=1S/C21H18O3.C18H13N.2C9H12.C2H6/c1-21(2,3)24-20(22)23-17-12-10-15-8-7-13-5-4-6-14-9-11-16(17)19(15)18(13)14;1-2-8-14(9-3-1)19-17-12-6-4-10-15(17)16-11-5-7-13-18(16)19;2*1-8(2)9-6-4-3-5-7-9;1-2/h4-12H,1-3H3;1-13H;2*3-8H,1-2H3;1-2H3. The van der Waals surface area contributed by atoms with Crippen LogP contribution < -0.4 is 4.74 Å². The van der Waals surface area contributed by atoms with E-state index in [-0.39, 0.29) is 0 Å². The van der Waals surface area contributed by atoms with Crippen molar-refractivity contribution in [3.8, 4) is 11.4 Å². The Bertz CT molecular complexity index is 2850. The molecular formula is C59H61NO3. The zero-order valence-electron chi connectivity index (χ0n) is 38.3. The highest BCUT2D eigenvalue weighted by Gasteiger charge is 2.20. The lowest BCUT2D eigenvalue weighted by molar-refractivity contribution is 0.0209. The Hall–Kier alpha value is -6.91. The van der Waals surface area contributed by atoms with E-state index < -0.39 is 11.8 Å². The van der Waals surface area contributed by atoms with Gasteiger partial charge in [0.1, 0.15) is 11.4 Å². The summed E-state index contributed by atoms with van der Waals surface area (Å²) in [4.78, 5) is 12.0. The highest BCUT2D eigenvalue weighted by molar-refractivity contribution is 6.24. The van der Waals surface area contributed by atoms with Gasteiger partial charge in [-0.3, -0.25) is 0 Å². The molecule has 0 amide bonds. The molecule has 10 aromatic rings. The molecular weight excluding hydrogens is 771 g/mol. The van der Waals surface area contributed by atoms with Gasteiger partial charge in [-0.1, -0.05) is 199 Å². The average molecular weight is 832 g/mol. The maximum absolute atomic E-state index is 12.0. The lowest BCUT2D eigenvalue weighted by Crippen LogP contribution is -2.26. The fourth-order valence-electron chi connectivity index (χ4n) is 7.61. The number of fused-ring (bicyclic) bond motifs is 3. The van der Waals surface area contributed by atoms with Gasteiger partial charge in [-0.25, -0.2) is 4.79 Å². The molecule has 0 fully saturated rings. The molecule has 320 valence electrons. The van der Waals surface area contributed by atoms with Gasteiger partial charge in [0.2, 0.25) is 0 Å². The Morgan fingerprint density at radius 3 is 1.32 bits per heavy atom. The molecule has 0 aliphatic carbocycles. The average Bonchev–Trinajstić information content (AvgIpc) is 3.65. The van der Waals surface area contributed by atoms with Crippen LogP contribution in [0.2, 0.25) is 0 Å². The van der Waals surface area contributed by atoms with E-state index in [4.69, 9.17) is 9.47 Å². The Morgan fingerprint density at radius 2 is 0.857 bits per heavy atom. The maximum Gasteiger partial charge on any atom is 0.514 e. The van der Waals surface area contributed by atoms with Gasteiger partial charge in [0.25, 0.3) is 0 Å². The molecule has 0 radical (unpaired) electrons. The zero-order chi connectivity index (χ0) is 44.9. The molecule has 0 unspecified atom stereocenters. The molecule has 0 bridgehead atoms. The predicted octanol–water partition coefficient (Wildman–Crippen LogP) is 17.3. The van der Waals surface area contributed by atoms with E-state index in [1.54, 1.807) is 0 Å². The van der Waals surface area contributed by atoms with E-state index >= 15 is 0 Å². The minimum Gasteiger partial charge on any atom is -0.428 e. The summed E-state index contributed by atoms with van der Waals surface area (Å²) in [6.45, 7) is 18.3. The van der Waals surface area contributed by atoms with E-state index in [2.05, 4.69) is 196 Å². The number of nitrogens with zero attached hydrogens (tertiary/aromatic N) is 1. The van der Waals surface area contributed by atoms with Gasteiger partial charge in [-0.2, -0.15) is 0 Å². The third kappa shape index (κ3) is 11.3. The number of benzene rings is 9. The van der Waals surface area contributed by atoms with Crippen LogP contribution in [0.25, 0.3) is 59.8 Å². The molecule has 63 heavy (non-hydrogen) atoms. The molecule has 0 atom stereocenters. The number of carbonyl (C=O) groups excluding carboxylic acids is 1. The highest BCUT2D eigenvalue weighted by atomic mass is 16.7. The first kappa shape index (κ1) is 45.6. The second-order valence-corrected chi connectivity index (χ2v) is 16.8. The minimum absolute atomic E-state index is 0.523. The van der Waals surface area contributed by atoms with Gasteiger partial charge in [0, 0.05) is 27.2 Å². The molecule has 9 aromatic carbocycles. The van der Waals surface area contributed by atoms with Crippen molar-refractivity contribution >= 4 is 60.3 Å². The molecule has 4 nitrogen and oxygen atoms in total. The topological polar surface area (TPSA) is 40.5 Å². The largest absolute Gasteiger partial charge is 0.514 e. The van der Waals surface area contributed by atoms with Crippen LogP contribution in [0.4, 0.5) is 4.79 Å². The summed E-state index contributed by atoms with van der Waals surface area (Å²) in [7, 11) is 0. The number of hydrogen-bond donors (Lipinski definition) is 0. The number of rotatable bonds is 4.